The van der Waals surface area contributed by atoms with E-state index in [1.807, 2.05) is 37.3 Å². The molecule has 2 rings (SSSR count). The summed E-state index contributed by atoms with van der Waals surface area (Å²) < 4.78 is 10.2. The molecule has 0 heterocycles. The van der Waals surface area contributed by atoms with Crippen molar-refractivity contribution in [2.24, 2.45) is 0 Å². The Morgan fingerprint density at radius 3 is 2.31 bits per heavy atom. The van der Waals surface area contributed by atoms with Gasteiger partial charge in [0.25, 0.3) is 0 Å². The molecule has 0 saturated carbocycles. The Kier molecular flexibility index (Phi) is 8.69. The number of rotatable bonds is 10. The zero-order valence-corrected chi connectivity index (χ0v) is 16.3. The average Bonchev–Trinajstić information content (AvgIpc) is 2.72. The third kappa shape index (κ3) is 8.04. The fourth-order valence-corrected chi connectivity index (χ4v) is 2.58. The van der Waals surface area contributed by atoms with Crippen molar-refractivity contribution < 1.29 is 29.0 Å². The molecule has 2 N–H and O–H groups in total. The molecule has 0 unspecified atom stereocenters. The largest absolute Gasteiger partial charge is 0.514 e. The van der Waals surface area contributed by atoms with Gasteiger partial charge in [0.15, 0.2) is 0 Å². The molecule has 0 spiro atoms. The standard InChI is InChI=1S/C22H25NO6/c1-2-3-9-20(24)23-19(21(25)26)14-16-10-12-18(13-11-16)29-22(27)28-15-17-7-5-4-6-8-17/h4-8,10-13,19H,2-3,9,14-15H2,1H3,(H,23,24)(H,25,26)/t19-/m0/s1. The first-order chi connectivity index (χ1) is 14.0. The molecule has 154 valence electrons. The number of carbonyl (C=O) groups is 3. The summed E-state index contributed by atoms with van der Waals surface area (Å²) in [6.45, 7) is 2.07. The van der Waals surface area contributed by atoms with Crippen LogP contribution in [0.5, 0.6) is 5.75 Å². The lowest BCUT2D eigenvalue weighted by Crippen LogP contribution is -2.42. The highest BCUT2D eigenvalue weighted by Gasteiger charge is 2.20. The lowest BCUT2D eigenvalue weighted by Gasteiger charge is -2.15. The van der Waals surface area contributed by atoms with Crippen LogP contribution in [-0.4, -0.2) is 29.2 Å². The van der Waals surface area contributed by atoms with E-state index < -0.39 is 18.2 Å². The highest BCUT2D eigenvalue weighted by atomic mass is 16.7. The van der Waals surface area contributed by atoms with Gasteiger partial charge in [-0.3, -0.25) is 4.79 Å². The van der Waals surface area contributed by atoms with Gasteiger partial charge in [-0.15, -0.1) is 0 Å². The number of ether oxygens (including phenoxy) is 2. The van der Waals surface area contributed by atoms with Crippen molar-refractivity contribution in [3.05, 3.63) is 65.7 Å². The van der Waals surface area contributed by atoms with Gasteiger partial charge in [-0.1, -0.05) is 55.8 Å². The second-order valence-corrected chi connectivity index (χ2v) is 6.54. The average molecular weight is 399 g/mol. The zero-order valence-electron chi connectivity index (χ0n) is 16.3. The maximum Gasteiger partial charge on any atom is 0.514 e. The highest BCUT2D eigenvalue weighted by molar-refractivity contribution is 5.83. The predicted molar refractivity (Wildman–Crippen MR) is 106 cm³/mol. The number of carboxylic acid groups (broad SMARTS) is 1. The van der Waals surface area contributed by atoms with Crippen molar-refractivity contribution in [3.63, 3.8) is 0 Å². The number of unbranched alkanes of at least 4 members (excludes halogenated alkanes) is 1. The Morgan fingerprint density at radius 1 is 1.00 bits per heavy atom. The van der Waals surface area contributed by atoms with Gasteiger partial charge in [0.05, 0.1) is 0 Å². The smallest absolute Gasteiger partial charge is 0.480 e. The number of aliphatic carboxylic acids is 1. The van der Waals surface area contributed by atoms with E-state index >= 15 is 0 Å². The van der Waals surface area contributed by atoms with Gasteiger partial charge < -0.3 is 19.9 Å². The first-order valence-electron chi connectivity index (χ1n) is 9.47. The first kappa shape index (κ1) is 21.9. The molecule has 0 saturated heterocycles. The van der Waals surface area contributed by atoms with Crippen LogP contribution in [0.3, 0.4) is 0 Å². The van der Waals surface area contributed by atoms with Crippen molar-refractivity contribution in [1.29, 1.82) is 0 Å². The van der Waals surface area contributed by atoms with Crippen LogP contribution in [0.2, 0.25) is 0 Å². The van der Waals surface area contributed by atoms with Gasteiger partial charge in [-0.05, 0) is 29.7 Å². The van der Waals surface area contributed by atoms with E-state index in [0.717, 1.165) is 12.0 Å². The van der Waals surface area contributed by atoms with Gasteiger partial charge in [0, 0.05) is 12.8 Å². The number of benzene rings is 2. The highest BCUT2D eigenvalue weighted by Crippen LogP contribution is 2.15. The Hall–Kier alpha value is -3.35. The molecular weight excluding hydrogens is 374 g/mol. The van der Waals surface area contributed by atoms with Gasteiger partial charge in [0.2, 0.25) is 5.91 Å². The summed E-state index contributed by atoms with van der Waals surface area (Å²) in [6, 6.07) is 14.6. The summed E-state index contributed by atoms with van der Waals surface area (Å²) in [6.07, 6.45) is 1.18. The number of hydrogen-bond acceptors (Lipinski definition) is 5. The third-order valence-electron chi connectivity index (χ3n) is 4.15. The van der Waals surface area contributed by atoms with Gasteiger partial charge in [-0.2, -0.15) is 0 Å². The summed E-state index contributed by atoms with van der Waals surface area (Å²) in [5.74, 6) is -1.09. The molecule has 2 aromatic rings. The molecule has 0 aliphatic rings. The molecule has 7 heteroatoms. The summed E-state index contributed by atoms with van der Waals surface area (Å²) >= 11 is 0. The molecule has 1 atom stereocenters. The van der Waals surface area contributed by atoms with Crippen LogP contribution >= 0.6 is 0 Å². The van der Waals surface area contributed by atoms with E-state index in [4.69, 9.17) is 9.47 Å². The summed E-state index contributed by atoms with van der Waals surface area (Å²) in [4.78, 5) is 35.0. The number of carboxylic acids is 1. The van der Waals surface area contributed by atoms with Crippen LogP contribution in [0.1, 0.15) is 37.3 Å². The molecule has 0 aromatic heterocycles. The Balaban J connectivity index is 1.85. The third-order valence-corrected chi connectivity index (χ3v) is 4.15. The van der Waals surface area contributed by atoms with E-state index in [1.54, 1.807) is 24.3 Å². The van der Waals surface area contributed by atoms with E-state index in [1.165, 1.54) is 0 Å². The Morgan fingerprint density at radius 2 is 1.69 bits per heavy atom. The minimum atomic E-state index is -1.10. The fraction of sp³-hybridized carbons (Fsp3) is 0.318. The topological polar surface area (TPSA) is 102 Å². The van der Waals surface area contributed by atoms with Crippen molar-refractivity contribution in [3.8, 4) is 5.75 Å². The maximum atomic E-state index is 11.8. The second kappa shape index (κ2) is 11.5. The molecule has 0 aliphatic carbocycles. The molecule has 29 heavy (non-hydrogen) atoms. The van der Waals surface area contributed by atoms with Crippen LogP contribution in [0, 0.1) is 0 Å². The lowest BCUT2D eigenvalue weighted by atomic mass is 10.1. The van der Waals surface area contributed by atoms with Crippen molar-refractivity contribution in [2.75, 3.05) is 0 Å². The number of carbonyl (C=O) groups excluding carboxylic acids is 2. The van der Waals surface area contributed by atoms with E-state index in [-0.39, 0.29) is 24.7 Å². The quantitative estimate of drug-likeness (QED) is 0.466. The van der Waals surface area contributed by atoms with Crippen molar-refractivity contribution in [2.45, 2.75) is 45.3 Å². The molecule has 0 aliphatic heterocycles. The second-order valence-electron chi connectivity index (χ2n) is 6.54. The Bertz CT molecular complexity index is 804. The van der Waals surface area contributed by atoms with Crippen molar-refractivity contribution >= 4 is 18.0 Å². The first-order valence-corrected chi connectivity index (χ1v) is 9.47. The van der Waals surface area contributed by atoms with Gasteiger partial charge in [-0.25, -0.2) is 9.59 Å². The SMILES string of the molecule is CCCCC(=O)N[C@@H](Cc1ccc(OC(=O)OCc2ccccc2)cc1)C(=O)O. The fourth-order valence-electron chi connectivity index (χ4n) is 2.58. The van der Waals surface area contributed by atoms with Crippen LogP contribution in [-0.2, 0) is 27.4 Å². The molecule has 1 amide bonds. The van der Waals surface area contributed by atoms with Gasteiger partial charge in [0.1, 0.15) is 18.4 Å². The van der Waals surface area contributed by atoms with Crippen LogP contribution < -0.4 is 10.1 Å². The summed E-state index contributed by atoms with van der Waals surface area (Å²) in [7, 11) is 0. The zero-order chi connectivity index (χ0) is 21.1. The minimum absolute atomic E-state index is 0.107. The van der Waals surface area contributed by atoms with Crippen LogP contribution in [0.25, 0.3) is 0 Å². The van der Waals surface area contributed by atoms with Gasteiger partial charge >= 0.3 is 12.1 Å². The number of amides is 1. The summed E-state index contributed by atoms with van der Waals surface area (Å²) in [5.41, 5.74) is 1.54. The molecular formula is C22H25NO6. The van der Waals surface area contributed by atoms with E-state index in [9.17, 15) is 19.5 Å². The van der Waals surface area contributed by atoms with E-state index in [2.05, 4.69) is 5.32 Å². The normalized spacial score (nSPS) is 11.3. The molecule has 0 fully saturated rings. The van der Waals surface area contributed by atoms with E-state index in [0.29, 0.717) is 18.4 Å². The minimum Gasteiger partial charge on any atom is -0.480 e. The number of nitrogens with one attached hydrogen (secondary N) is 1. The molecule has 2 aromatic carbocycles. The molecule has 0 bridgehead atoms. The monoisotopic (exact) mass is 399 g/mol. The number of hydrogen-bond donors (Lipinski definition) is 2. The predicted octanol–water partition coefficient (Wildman–Crippen LogP) is 3.70. The Labute approximate surface area is 169 Å². The van der Waals surface area contributed by atoms with Crippen LogP contribution in [0.15, 0.2) is 54.6 Å². The van der Waals surface area contributed by atoms with Crippen LogP contribution in [0.4, 0.5) is 4.79 Å². The van der Waals surface area contributed by atoms with Crippen molar-refractivity contribution in [1.82, 2.24) is 5.32 Å². The summed E-state index contributed by atoms with van der Waals surface area (Å²) in [5, 5.41) is 11.9. The molecule has 7 nitrogen and oxygen atoms in total. The maximum absolute atomic E-state index is 11.8. The lowest BCUT2D eigenvalue weighted by molar-refractivity contribution is -0.141. The molecule has 0 radical (unpaired) electrons.